The maximum Gasteiger partial charge on any atom is -0.00773 e. The summed E-state index contributed by atoms with van der Waals surface area (Å²) in [6.45, 7) is 0.871. The maximum atomic E-state index is 5.44. The number of nitrogens with two attached hydrogens (primary N) is 1. The van der Waals surface area contributed by atoms with Crippen molar-refractivity contribution in [1.82, 2.24) is 0 Å². The molecule has 0 aromatic carbocycles. The molecule has 0 heterocycles. The van der Waals surface area contributed by atoms with E-state index in [9.17, 15) is 0 Å². The highest BCUT2D eigenvalue weighted by Gasteiger charge is 2.12. The van der Waals surface area contributed by atoms with Crippen LogP contribution in [0.1, 0.15) is 44.9 Å². The number of hydrogen-bond acceptors (Lipinski definition) is 1. The van der Waals surface area contributed by atoms with E-state index in [1.165, 1.54) is 44.9 Å². The SMILES string of the molecule is NCCCCC1C[CH]CCC1. The Labute approximate surface area is 70.4 Å². The molecule has 1 unspecified atom stereocenters. The van der Waals surface area contributed by atoms with Gasteiger partial charge in [-0.05, 0) is 31.7 Å². The lowest BCUT2D eigenvalue weighted by molar-refractivity contribution is 0.376. The molecule has 0 bridgehead atoms. The van der Waals surface area contributed by atoms with Gasteiger partial charge in [-0.25, -0.2) is 0 Å². The zero-order valence-corrected chi connectivity index (χ0v) is 7.39. The van der Waals surface area contributed by atoms with E-state index < -0.39 is 0 Å². The van der Waals surface area contributed by atoms with Crippen LogP contribution in [0.3, 0.4) is 0 Å². The Balaban J connectivity index is 1.96. The van der Waals surface area contributed by atoms with E-state index in [4.69, 9.17) is 5.73 Å². The van der Waals surface area contributed by atoms with Crippen LogP contribution in [0.4, 0.5) is 0 Å². The summed E-state index contributed by atoms with van der Waals surface area (Å²) in [5, 5.41) is 0. The van der Waals surface area contributed by atoms with Crippen LogP contribution in [-0.4, -0.2) is 6.54 Å². The van der Waals surface area contributed by atoms with E-state index in [1.807, 2.05) is 0 Å². The van der Waals surface area contributed by atoms with E-state index >= 15 is 0 Å². The first-order chi connectivity index (χ1) is 5.43. The summed E-state index contributed by atoms with van der Waals surface area (Å²) >= 11 is 0. The molecule has 2 N–H and O–H groups in total. The molecule has 1 rings (SSSR count). The van der Waals surface area contributed by atoms with Crippen molar-refractivity contribution in [3.05, 3.63) is 6.42 Å². The van der Waals surface area contributed by atoms with Crippen molar-refractivity contribution >= 4 is 0 Å². The van der Waals surface area contributed by atoms with Gasteiger partial charge in [-0.3, -0.25) is 0 Å². The first-order valence-corrected chi connectivity index (χ1v) is 4.95. The van der Waals surface area contributed by atoms with E-state index in [-0.39, 0.29) is 0 Å². The topological polar surface area (TPSA) is 26.0 Å². The molecule has 0 aliphatic heterocycles. The highest BCUT2D eigenvalue weighted by molar-refractivity contribution is 4.77. The molecule has 1 heteroatoms. The second-order valence-electron chi connectivity index (χ2n) is 3.61. The van der Waals surface area contributed by atoms with Crippen LogP contribution in [0.2, 0.25) is 0 Å². The Bertz CT molecular complexity index is 84.9. The minimum Gasteiger partial charge on any atom is -0.330 e. The zero-order valence-electron chi connectivity index (χ0n) is 7.39. The molecule has 1 atom stereocenters. The van der Waals surface area contributed by atoms with Crippen LogP contribution in [0.15, 0.2) is 0 Å². The summed E-state index contributed by atoms with van der Waals surface area (Å²) in [7, 11) is 0. The van der Waals surface area contributed by atoms with Crippen molar-refractivity contribution in [1.29, 1.82) is 0 Å². The Hall–Kier alpha value is -0.0400. The molecule has 1 saturated carbocycles. The largest absolute Gasteiger partial charge is 0.330 e. The van der Waals surface area contributed by atoms with Crippen LogP contribution < -0.4 is 5.73 Å². The fourth-order valence-corrected chi connectivity index (χ4v) is 1.86. The van der Waals surface area contributed by atoms with Crippen molar-refractivity contribution in [3.63, 3.8) is 0 Å². The molecular weight excluding hydrogens is 134 g/mol. The molecule has 65 valence electrons. The molecule has 0 saturated heterocycles. The Kier molecular flexibility index (Phi) is 4.60. The third-order valence-corrected chi connectivity index (χ3v) is 2.59. The molecule has 0 aromatic rings. The Morgan fingerprint density at radius 2 is 2.27 bits per heavy atom. The fraction of sp³-hybridized carbons (Fsp3) is 0.900. The van der Waals surface area contributed by atoms with Crippen LogP contribution in [0.25, 0.3) is 0 Å². The molecule has 1 aliphatic carbocycles. The average Bonchev–Trinajstić information content (AvgIpc) is 2.07. The van der Waals surface area contributed by atoms with Gasteiger partial charge in [0.2, 0.25) is 0 Å². The van der Waals surface area contributed by atoms with Crippen LogP contribution in [0.5, 0.6) is 0 Å². The molecule has 1 radical (unpaired) electrons. The van der Waals surface area contributed by atoms with E-state index in [0.717, 1.165) is 12.5 Å². The van der Waals surface area contributed by atoms with Gasteiger partial charge in [0.1, 0.15) is 0 Å². The molecule has 1 aliphatic rings. The second-order valence-corrected chi connectivity index (χ2v) is 3.61. The molecule has 0 spiro atoms. The molecular formula is C10H20N. The first-order valence-electron chi connectivity index (χ1n) is 4.95. The van der Waals surface area contributed by atoms with Crippen molar-refractivity contribution in [3.8, 4) is 0 Å². The van der Waals surface area contributed by atoms with E-state index in [1.54, 1.807) is 0 Å². The summed E-state index contributed by atoms with van der Waals surface area (Å²) in [6, 6.07) is 0. The standard InChI is InChI=1S/C10H20N/c11-9-5-4-8-10-6-2-1-3-7-10/h2,10H,1,3-9,11H2. The number of unbranched alkanes of at least 4 members (excludes halogenated alkanes) is 1. The summed E-state index contributed by atoms with van der Waals surface area (Å²) in [5.41, 5.74) is 5.44. The predicted molar refractivity (Wildman–Crippen MR) is 49.2 cm³/mol. The lowest BCUT2D eigenvalue weighted by Gasteiger charge is -2.20. The van der Waals surface area contributed by atoms with Gasteiger partial charge in [0.15, 0.2) is 0 Å². The van der Waals surface area contributed by atoms with Gasteiger partial charge in [-0.1, -0.05) is 32.1 Å². The molecule has 1 fully saturated rings. The minimum atomic E-state index is 0.871. The first kappa shape index (κ1) is 9.05. The van der Waals surface area contributed by atoms with Crippen molar-refractivity contribution in [2.24, 2.45) is 11.7 Å². The minimum absolute atomic E-state index is 0.871. The van der Waals surface area contributed by atoms with Crippen molar-refractivity contribution in [2.45, 2.75) is 44.9 Å². The normalized spacial score (nSPS) is 20.5. The Morgan fingerprint density at radius 1 is 1.36 bits per heavy atom. The summed E-state index contributed by atoms with van der Waals surface area (Å²) in [5.74, 6) is 0.996. The highest BCUT2D eigenvalue weighted by Crippen LogP contribution is 2.26. The van der Waals surface area contributed by atoms with Gasteiger partial charge in [0.25, 0.3) is 0 Å². The third kappa shape index (κ3) is 3.76. The van der Waals surface area contributed by atoms with Crippen molar-refractivity contribution in [2.75, 3.05) is 6.54 Å². The highest BCUT2D eigenvalue weighted by atomic mass is 14.5. The van der Waals surface area contributed by atoms with Gasteiger partial charge in [-0.2, -0.15) is 0 Å². The zero-order chi connectivity index (χ0) is 7.94. The van der Waals surface area contributed by atoms with Crippen LogP contribution >= 0.6 is 0 Å². The number of rotatable bonds is 4. The van der Waals surface area contributed by atoms with Crippen LogP contribution in [-0.2, 0) is 0 Å². The smallest absolute Gasteiger partial charge is 0.00773 e. The monoisotopic (exact) mass is 154 g/mol. The third-order valence-electron chi connectivity index (χ3n) is 2.59. The lowest BCUT2D eigenvalue weighted by atomic mass is 9.86. The Morgan fingerprint density at radius 3 is 2.91 bits per heavy atom. The van der Waals surface area contributed by atoms with Crippen LogP contribution in [0, 0.1) is 12.3 Å². The maximum absolute atomic E-state index is 5.44. The summed E-state index contributed by atoms with van der Waals surface area (Å²) in [4.78, 5) is 0. The van der Waals surface area contributed by atoms with Gasteiger partial charge in [-0.15, -0.1) is 0 Å². The second kappa shape index (κ2) is 5.59. The van der Waals surface area contributed by atoms with E-state index in [0.29, 0.717) is 0 Å². The predicted octanol–water partition coefficient (Wildman–Crippen LogP) is 2.51. The average molecular weight is 154 g/mol. The summed E-state index contributed by atoms with van der Waals surface area (Å²) in [6.07, 6.45) is 12.0. The van der Waals surface area contributed by atoms with Crippen molar-refractivity contribution < 1.29 is 0 Å². The molecule has 0 amide bonds. The van der Waals surface area contributed by atoms with Gasteiger partial charge < -0.3 is 5.73 Å². The van der Waals surface area contributed by atoms with Gasteiger partial charge in [0.05, 0.1) is 0 Å². The number of hydrogen-bond donors (Lipinski definition) is 1. The quantitative estimate of drug-likeness (QED) is 0.619. The summed E-state index contributed by atoms with van der Waals surface area (Å²) < 4.78 is 0. The van der Waals surface area contributed by atoms with E-state index in [2.05, 4.69) is 6.42 Å². The van der Waals surface area contributed by atoms with Gasteiger partial charge in [0, 0.05) is 0 Å². The lowest BCUT2D eigenvalue weighted by Crippen LogP contribution is -2.07. The van der Waals surface area contributed by atoms with Gasteiger partial charge >= 0.3 is 0 Å². The molecule has 1 nitrogen and oxygen atoms in total. The molecule has 0 aromatic heterocycles. The molecule has 11 heavy (non-hydrogen) atoms. The fourth-order valence-electron chi connectivity index (χ4n) is 1.86.